The summed E-state index contributed by atoms with van der Waals surface area (Å²) in [5, 5.41) is 12.6. The van der Waals surface area contributed by atoms with Gasteiger partial charge in [0.2, 0.25) is 0 Å². The standard InChI is InChI=1S/C16H15ClN2/c17-16-11-15(9-8-14(16)12-18)19-10-4-7-13-5-2-1-3-6-13/h1-3,5-6,8-9,11,19H,4,7,10H2. The Bertz CT molecular complexity index is 573. The van der Waals surface area contributed by atoms with E-state index >= 15 is 0 Å². The van der Waals surface area contributed by atoms with Crippen LogP contribution in [0.2, 0.25) is 5.02 Å². The third-order valence-corrected chi connectivity index (χ3v) is 3.22. The highest BCUT2D eigenvalue weighted by atomic mass is 35.5. The van der Waals surface area contributed by atoms with Gasteiger partial charge in [0.05, 0.1) is 10.6 Å². The molecule has 2 aromatic carbocycles. The maximum Gasteiger partial charge on any atom is 0.101 e. The van der Waals surface area contributed by atoms with E-state index in [-0.39, 0.29) is 0 Å². The molecule has 2 rings (SSSR count). The molecular weight excluding hydrogens is 256 g/mol. The lowest BCUT2D eigenvalue weighted by Crippen LogP contribution is -2.03. The van der Waals surface area contributed by atoms with E-state index < -0.39 is 0 Å². The Morgan fingerprint density at radius 2 is 1.89 bits per heavy atom. The molecule has 0 saturated heterocycles. The second kappa shape index (κ2) is 6.82. The van der Waals surface area contributed by atoms with Gasteiger partial charge in [-0.05, 0) is 36.6 Å². The van der Waals surface area contributed by atoms with E-state index in [0.717, 1.165) is 25.1 Å². The summed E-state index contributed by atoms with van der Waals surface area (Å²) in [6.45, 7) is 0.886. The molecule has 3 heteroatoms. The molecule has 0 aliphatic heterocycles. The van der Waals surface area contributed by atoms with Gasteiger partial charge in [0, 0.05) is 12.2 Å². The lowest BCUT2D eigenvalue weighted by Gasteiger charge is -2.07. The summed E-state index contributed by atoms with van der Waals surface area (Å²) in [5.74, 6) is 0. The van der Waals surface area contributed by atoms with Crippen molar-refractivity contribution >= 4 is 17.3 Å². The summed E-state index contributed by atoms with van der Waals surface area (Å²) >= 11 is 5.98. The van der Waals surface area contributed by atoms with Crippen LogP contribution in [0.25, 0.3) is 0 Å². The molecule has 0 bridgehead atoms. The molecule has 0 aliphatic carbocycles. The van der Waals surface area contributed by atoms with Gasteiger partial charge in [-0.1, -0.05) is 41.9 Å². The molecule has 0 aliphatic rings. The Labute approximate surface area is 118 Å². The third kappa shape index (κ3) is 4.01. The number of nitriles is 1. The van der Waals surface area contributed by atoms with Crippen LogP contribution in [0.3, 0.4) is 0 Å². The third-order valence-electron chi connectivity index (χ3n) is 2.90. The topological polar surface area (TPSA) is 35.8 Å². The van der Waals surface area contributed by atoms with Crippen molar-refractivity contribution in [2.75, 3.05) is 11.9 Å². The molecule has 1 N–H and O–H groups in total. The van der Waals surface area contributed by atoms with Crippen LogP contribution in [0.5, 0.6) is 0 Å². The van der Waals surface area contributed by atoms with E-state index in [1.807, 2.05) is 12.1 Å². The van der Waals surface area contributed by atoms with Crippen LogP contribution >= 0.6 is 11.6 Å². The molecule has 0 fully saturated rings. The second-order valence-electron chi connectivity index (χ2n) is 4.32. The quantitative estimate of drug-likeness (QED) is 0.824. The SMILES string of the molecule is N#Cc1ccc(NCCCc2ccccc2)cc1Cl. The van der Waals surface area contributed by atoms with Crippen LogP contribution < -0.4 is 5.32 Å². The van der Waals surface area contributed by atoms with E-state index in [4.69, 9.17) is 16.9 Å². The van der Waals surface area contributed by atoms with Gasteiger partial charge in [0.25, 0.3) is 0 Å². The van der Waals surface area contributed by atoms with Gasteiger partial charge in [-0.3, -0.25) is 0 Å². The van der Waals surface area contributed by atoms with Crippen molar-refractivity contribution in [1.82, 2.24) is 0 Å². The number of nitrogens with one attached hydrogen (secondary N) is 1. The van der Waals surface area contributed by atoms with Crippen LogP contribution in [0.4, 0.5) is 5.69 Å². The van der Waals surface area contributed by atoms with E-state index in [2.05, 4.69) is 35.7 Å². The minimum absolute atomic E-state index is 0.496. The molecule has 2 aromatic rings. The smallest absolute Gasteiger partial charge is 0.101 e. The maximum absolute atomic E-state index is 8.79. The van der Waals surface area contributed by atoms with Gasteiger partial charge >= 0.3 is 0 Å². The molecule has 0 saturated carbocycles. The van der Waals surface area contributed by atoms with Crippen molar-refractivity contribution in [3.8, 4) is 6.07 Å². The van der Waals surface area contributed by atoms with E-state index in [0.29, 0.717) is 10.6 Å². The Morgan fingerprint density at radius 1 is 1.11 bits per heavy atom. The predicted molar refractivity (Wildman–Crippen MR) is 79.4 cm³/mol. The number of nitrogens with zero attached hydrogens (tertiary/aromatic N) is 1. The number of halogens is 1. The van der Waals surface area contributed by atoms with Crippen molar-refractivity contribution in [3.05, 3.63) is 64.7 Å². The van der Waals surface area contributed by atoms with Gasteiger partial charge in [0.15, 0.2) is 0 Å². The molecule has 0 unspecified atom stereocenters. The van der Waals surface area contributed by atoms with Gasteiger partial charge in [-0.2, -0.15) is 5.26 Å². The number of hydrogen-bond acceptors (Lipinski definition) is 2. The highest BCUT2D eigenvalue weighted by Gasteiger charge is 2.00. The summed E-state index contributed by atoms with van der Waals surface area (Å²) in [6.07, 6.45) is 2.11. The minimum atomic E-state index is 0.496. The molecule has 0 heterocycles. The molecule has 0 atom stereocenters. The summed E-state index contributed by atoms with van der Waals surface area (Å²) < 4.78 is 0. The summed E-state index contributed by atoms with van der Waals surface area (Å²) in [6, 6.07) is 17.9. The Balaban J connectivity index is 1.80. The molecule has 0 aromatic heterocycles. The van der Waals surface area contributed by atoms with Crippen molar-refractivity contribution in [2.24, 2.45) is 0 Å². The normalized spacial score (nSPS) is 9.89. The van der Waals surface area contributed by atoms with Crippen molar-refractivity contribution in [3.63, 3.8) is 0 Å². The predicted octanol–water partition coefficient (Wildman–Crippen LogP) is 4.26. The van der Waals surface area contributed by atoms with Crippen molar-refractivity contribution in [2.45, 2.75) is 12.8 Å². The second-order valence-corrected chi connectivity index (χ2v) is 4.73. The highest BCUT2D eigenvalue weighted by Crippen LogP contribution is 2.20. The number of hydrogen-bond donors (Lipinski definition) is 1. The fraction of sp³-hybridized carbons (Fsp3) is 0.188. The number of rotatable bonds is 5. The molecule has 0 radical (unpaired) electrons. The Morgan fingerprint density at radius 3 is 2.58 bits per heavy atom. The summed E-state index contributed by atoms with van der Waals surface area (Å²) in [5.41, 5.74) is 2.82. The number of benzene rings is 2. The minimum Gasteiger partial charge on any atom is -0.385 e. The van der Waals surface area contributed by atoms with Crippen molar-refractivity contribution in [1.29, 1.82) is 5.26 Å². The lowest BCUT2D eigenvalue weighted by molar-refractivity contribution is 0.863. The first-order valence-corrected chi connectivity index (χ1v) is 6.65. The molecule has 0 spiro atoms. The highest BCUT2D eigenvalue weighted by molar-refractivity contribution is 6.32. The van der Waals surface area contributed by atoms with Crippen LogP contribution in [0, 0.1) is 11.3 Å². The molecular formula is C16H15ClN2. The molecule has 96 valence electrons. The average molecular weight is 271 g/mol. The van der Waals surface area contributed by atoms with Crippen LogP contribution in [-0.2, 0) is 6.42 Å². The molecule has 19 heavy (non-hydrogen) atoms. The monoisotopic (exact) mass is 270 g/mol. The largest absolute Gasteiger partial charge is 0.385 e. The molecule has 2 nitrogen and oxygen atoms in total. The molecule has 0 amide bonds. The Kier molecular flexibility index (Phi) is 4.83. The van der Waals surface area contributed by atoms with E-state index in [1.54, 1.807) is 12.1 Å². The summed E-state index contributed by atoms with van der Waals surface area (Å²) in [7, 11) is 0. The fourth-order valence-electron chi connectivity index (χ4n) is 1.89. The van der Waals surface area contributed by atoms with Gasteiger partial charge in [-0.25, -0.2) is 0 Å². The lowest BCUT2D eigenvalue weighted by atomic mass is 10.1. The zero-order valence-electron chi connectivity index (χ0n) is 10.6. The van der Waals surface area contributed by atoms with E-state index in [1.165, 1.54) is 5.56 Å². The van der Waals surface area contributed by atoms with Crippen LogP contribution in [-0.4, -0.2) is 6.54 Å². The van der Waals surface area contributed by atoms with Gasteiger partial charge in [0.1, 0.15) is 6.07 Å². The zero-order chi connectivity index (χ0) is 13.5. The Hall–Kier alpha value is -1.98. The average Bonchev–Trinajstić information content (AvgIpc) is 2.45. The zero-order valence-corrected chi connectivity index (χ0v) is 11.3. The maximum atomic E-state index is 8.79. The first kappa shape index (κ1) is 13.5. The van der Waals surface area contributed by atoms with Gasteiger partial charge < -0.3 is 5.32 Å². The van der Waals surface area contributed by atoms with Crippen LogP contribution in [0.15, 0.2) is 48.5 Å². The number of anilines is 1. The van der Waals surface area contributed by atoms with Crippen molar-refractivity contribution < 1.29 is 0 Å². The number of aryl methyl sites for hydroxylation is 1. The fourth-order valence-corrected chi connectivity index (χ4v) is 2.11. The first-order chi connectivity index (χ1) is 9.29. The van der Waals surface area contributed by atoms with Gasteiger partial charge in [-0.15, -0.1) is 0 Å². The summed E-state index contributed by atoms with van der Waals surface area (Å²) in [4.78, 5) is 0. The van der Waals surface area contributed by atoms with Crippen LogP contribution in [0.1, 0.15) is 17.5 Å². The van der Waals surface area contributed by atoms with E-state index in [9.17, 15) is 0 Å². The first-order valence-electron chi connectivity index (χ1n) is 6.27.